The van der Waals surface area contributed by atoms with E-state index in [4.69, 9.17) is 86.8 Å². The van der Waals surface area contributed by atoms with Crippen LogP contribution in [-0.2, 0) is 0 Å². The van der Waals surface area contributed by atoms with E-state index in [1.54, 1.807) is 92.6 Å². The second-order valence-corrected chi connectivity index (χ2v) is 25.4. The zero-order valence-electron chi connectivity index (χ0n) is 56.6. The highest BCUT2D eigenvalue weighted by atomic mass is 35.5. The number of anilines is 6. The van der Waals surface area contributed by atoms with Crippen LogP contribution in [-0.4, -0.2) is 60.9 Å². The number of aromatic nitrogens is 9. The molecular formula is C77H67Cl6N17O6. The van der Waals surface area contributed by atoms with Crippen LogP contribution in [0.3, 0.4) is 0 Å². The van der Waals surface area contributed by atoms with Crippen LogP contribution in [0, 0.1) is 0 Å². The number of nitrogens with one attached hydrogen (secondary N) is 4. The molecule has 14 aromatic rings. The molecule has 2 amide bonds. The van der Waals surface area contributed by atoms with Crippen LogP contribution in [0.5, 0.6) is 0 Å². The molecule has 0 aliphatic carbocycles. The monoisotopic (exact) mass is 1540 g/mol. The van der Waals surface area contributed by atoms with Gasteiger partial charge in [-0.15, -0.1) is 0 Å². The molecule has 14 rings (SSSR count). The Bertz CT molecular complexity index is 5410. The Morgan fingerprint density at radius 3 is 1.11 bits per heavy atom. The van der Waals surface area contributed by atoms with Crippen LogP contribution in [0.4, 0.5) is 34.6 Å². The van der Waals surface area contributed by atoms with Gasteiger partial charge in [-0.05, 0) is 157 Å². The van der Waals surface area contributed by atoms with Gasteiger partial charge in [0, 0.05) is 51.3 Å². The molecule has 0 bridgehead atoms. The topological polar surface area (TPSA) is 370 Å². The second-order valence-electron chi connectivity index (χ2n) is 23.2. The first-order valence-corrected chi connectivity index (χ1v) is 34.2. The second kappa shape index (κ2) is 35.7. The molecule has 106 heavy (non-hydrogen) atoms. The molecular weight excluding hydrogens is 1470 g/mol. The number of nitrogen functional groups attached to an aromatic ring is 2. The highest BCUT2D eigenvalue weighted by Crippen LogP contribution is 2.33. The van der Waals surface area contributed by atoms with Crippen LogP contribution in [0.2, 0.25) is 30.8 Å². The van der Waals surface area contributed by atoms with E-state index in [0.717, 1.165) is 16.8 Å². The number of nitrogens with zero attached hydrogens (tertiary/aromatic N) is 9. The average molecular weight is 1540 g/mol. The Kier molecular flexibility index (Phi) is 26.5. The third-order valence-electron chi connectivity index (χ3n) is 16.1. The van der Waals surface area contributed by atoms with Crippen molar-refractivity contribution >= 4 is 148 Å². The fourth-order valence-corrected chi connectivity index (χ4v) is 12.4. The molecule has 0 unspecified atom stereocenters. The number of hydrogen-bond donors (Lipinski definition) is 8. The fraction of sp³-hybridized carbons (Fsp3) is 0.0779. The van der Waals surface area contributed by atoms with E-state index in [2.05, 4.69) is 51.2 Å². The van der Waals surface area contributed by atoms with Crippen molar-refractivity contribution in [2.45, 2.75) is 38.9 Å². The van der Waals surface area contributed by atoms with E-state index in [9.17, 15) is 24.0 Å². The lowest BCUT2D eigenvalue weighted by molar-refractivity contribution is 0.101. The molecule has 0 aliphatic rings. The number of nitrogens with two attached hydrogens (primary N) is 3. The van der Waals surface area contributed by atoms with Crippen LogP contribution in [0.1, 0.15) is 76.7 Å². The standard InChI is InChI=1S/C28H21Cl2N5O2.C28H23ClN6O2.C17H15ClN2O.C4H3Cl2N3.H3N.H2O/c2*1-17(32-25-22(16-31-28(30)34-25)33-26(36)18-9-4-2-5-10-18)23-15-19-11-8-14-21(29)24(19)27(37)35(23)20-12-6-3-7-13-20;1-11(19)15-10-12-6-5-9-14(18)16(12)17(21)20(15)13-7-3-2-4-8-13;5-3-2(7)1-8-4(6)9-3;;/h2-17H,1H3,(H,33,36)(H,31,32,34);2-17H,1H3,(H,33,36)(H3,30,31,32,34);2-11H,19H2,1H3;1H,7H2;1H3;1H2/t2*17-;11-;;;/m000.../s1. The highest BCUT2D eigenvalue weighted by molar-refractivity contribution is 6.36. The van der Waals surface area contributed by atoms with E-state index in [0.29, 0.717) is 105 Å². The molecule has 8 aromatic carbocycles. The van der Waals surface area contributed by atoms with Gasteiger partial charge in [0.1, 0.15) is 11.4 Å². The van der Waals surface area contributed by atoms with Crippen molar-refractivity contribution in [3.05, 3.63) is 333 Å². The quantitative estimate of drug-likeness (QED) is 0.0370. The average Bonchev–Trinajstić information content (AvgIpc) is 0.783. The molecule has 23 nitrogen and oxygen atoms in total. The minimum absolute atomic E-state index is 0. The SMILES string of the molecule is C[C@H](N)c1cc2cccc(Cl)c2c(=O)n1-c1ccccc1.C[C@H](Nc1nc(Cl)ncc1NC(=O)c1ccccc1)c1cc2cccc(Cl)c2c(=O)n1-c1ccccc1.C[C@H](Nc1nc(N)ncc1NC(=O)c1ccccc1)c1cc2cccc(Cl)c2c(=O)n1-c1ccccc1.N.Nc1cnc(Cl)nc1Cl.O. The van der Waals surface area contributed by atoms with E-state index in [1.165, 1.54) is 18.6 Å². The van der Waals surface area contributed by atoms with Gasteiger partial charge in [0.05, 0.1) is 67.6 Å². The lowest BCUT2D eigenvalue weighted by Crippen LogP contribution is -2.26. The van der Waals surface area contributed by atoms with Gasteiger partial charge < -0.3 is 50.1 Å². The summed E-state index contributed by atoms with van der Waals surface area (Å²) in [6.07, 6.45) is 4.25. The van der Waals surface area contributed by atoms with Gasteiger partial charge in [-0.3, -0.25) is 37.7 Å². The van der Waals surface area contributed by atoms with E-state index < -0.39 is 12.1 Å². The maximum Gasteiger partial charge on any atom is 0.264 e. The molecule has 0 saturated carbocycles. The van der Waals surface area contributed by atoms with Gasteiger partial charge in [-0.1, -0.05) is 174 Å². The van der Waals surface area contributed by atoms with Crippen molar-refractivity contribution in [1.82, 2.24) is 49.8 Å². The normalized spacial score (nSPS) is 11.5. The third-order valence-corrected chi connectivity index (χ3v) is 17.7. The molecule has 0 radical (unpaired) electrons. The van der Waals surface area contributed by atoms with Crippen molar-refractivity contribution in [3.8, 4) is 17.1 Å². The maximum atomic E-state index is 13.7. The Balaban J connectivity index is 0.000000177. The molecule has 0 saturated heterocycles. The van der Waals surface area contributed by atoms with Gasteiger partial charge in [0.25, 0.3) is 28.5 Å². The number of carbonyl (C=O) groups is 2. The number of hydrogen-bond acceptors (Lipinski definition) is 17. The molecule has 0 fully saturated rings. The van der Waals surface area contributed by atoms with Crippen molar-refractivity contribution < 1.29 is 15.1 Å². The fourth-order valence-electron chi connectivity index (χ4n) is 11.2. The van der Waals surface area contributed by atoms with E-state index in [1.807, 2.05) is 166 Å². The third kappa shape index (κ3) is 18.3. The largest absolute Gasteiger partial charge is 0.412 e. The predicted molar refractivity (Wildman–Crippen MR) is 428 cm³/mol. The first-order chi connectivity index (χ1) is 50.1. The van der Waals surface area contributed by atoms with Crippen molar-refractivity contribution in [2.24, 2.45) is 5.73 Å². The van der Waals surface area contributed by atoms with Crippen LogP contribution >= 0.6 is 69.6 Å². The Morgan fingerprint density at radius 2 is 0.745 bits per heavy atom. The Labute approximate surface area is 636 Å². The number of halogens is 6. The van der Waals surface area contributed by atoms with Crippen LogP contribution in [0.15, 0.2) is 257 Å². The summed E-state index contributed by atoms with van der Waals surface area (Å²) in [5, 5.41) is 17.4. The number of rotatable bonds is 14. The number of fused-ring (bicyclic) bond motifs is 3. The molecule has 3 atom stereocenters. The molecule has 6 heterocycles. The molecule has 15 N–H and O–H groups in total. The van der Waals surface area contributed by atoms with Gasteiger partial charge >= 0.3 is 0 Å². The highest BCUT2D eigenvalue weighted by Gasteiger charge is 2.24. The summed E-state index contributed by atoms with van der Waals surface area (Å²) >= 11 is 36.0. The maximum absolute atomic E-state index is 13.7. The van der Waals surface area contributed by atoms with Crippen molar-refractivity contribution in [2.75, 3.05) is 32.7 Å². The summed E-state index contributed by atoms with van der Waals surface area (Å²) in [5.41, 5.74) is 22.9. The van der Waals surface area contributed by atoms with Gasteiger partial charge in [-0.2, -0.15) is 9.97 Å². The first kappa shape index (κ1) is 78.5. The van der Waals surface area contributed by atoms with Crippen LogP contribution < -0.4 is 61.3 Å². The van der Waals surface area contributed by atoms with Crippen molar-refractivity contribution in [1.29, 1.82) is 0 Å². The zero-order chi connectivity index (χ0) is 73.7. The Hall–Kier alpha value is -11.6. The Morgan fingerprint density at radius 1 is 0.415 bits per heavy atom. The summed E-state index contributed by atoms with van der Waals surface area (Å²) < 4.78 is 4.88. The summed E-state index contributed by atoms with van der Waals surface area (Å²) in [5.74, 6) is 0.0469. The molecule has 0 aliphatic heterocycles. The predicted octanol–water partition coefficient (Wildman–Crippen LogP) is 16.3. The molecule has 6 aromatic heterocycles. The van der Waals surface area contributed by atoms with E-state index >= 15 is 0 Å². The van der Waals surface area contributed by atoms with Crippen molar-refractivity contribution in [3.63, 3.8) is 0 Å². The number of benzene rings is 8. The summed E-state index contributed by atoms with van der Waals surface area (Å²) in [4.78, 5) is 89.7. The van der Waals surface area contributed by atoms with Gasteiger partial charge in [0.2, 0.25) is 16.5 Å². The lowest BCUT2D eigenvalue weighted by atomic mass is 10.1. The summed E-state index contributed by atoms with van der Waals surface area (Å²) in [7, 11) is 0. The zero-order valence-corrected chi connectivity index (χ0v) is 61.1. The lowest BCUT2D eigenvalue weighted by Gasteiger charge is -2.22. The number of carbonyl (C=O) groups excluding carboxylic acids is 2. The number of pyridine rings is 3. The molecule has 538 valence electrons. The minimum atomic E-state index is -0.436. The number of para-hydroxylation sites is 3. The molecule has 29 heteroatoms. The number of amides is 2. The summed E-state index contributed by atoms with van der Waals surface area (Å²) in [6.45, 7) is 5.65. The first-order valence-electron chi connectivity index (χ1n) is 31.9. The van der Waals surface area contributed by atoms with E-state index in [-0.39, 0.29) is 67.8 Å². The smallest absolute Gasteiger partial charge is 0.264 e. The van der Waals surface area contributed by atoms with Gasteiger partial charge in [0.15, 0.2) is 16.8 Å². The minimum Gasteiger partial charge on any atom is -0.412 e. The van der Waals surface area contributed by atoms with Gasteiger partial charge in [-0.25, -0.2) is 19.9 Å². The van der Waals surface area contributed by atoms with Crippen LogP contribution in [0.25, 0.3) is 49.4 Å². The summed E-state index contributed by atoms with van der Waals surface area (Å²) in [6, 6.07) is 66.5. The molecule has 0 spiro atoms.